The molecule has 0 spiro atoms. The minimum atomic E-state index is -0.958. The number of carbonyl (C=O) groups is 3. The van der Waals surface area contributed by atoms with Gasteiger partial charge in [-0.2, -0.15) is 0 Å². The number of benzene rings is 1. The van der Waals surface area contributed by atoms with Crippen LogP contribution in [0.3, 0.4) is 0 Å². The first-order chi connectivity index (χ1) is 20.0. The maximum atomic E-state index is 13.8. The molecule has 3 unspecified atom stereocenters. The summed E-state index contributed by atoms with van der Waals surface area (Å²) in [6.07, 6.45) is 4.40. The Hall–Kier alpha value is -4.07. The molecule has 2 fully saturated rings. The van der Waals surface area contributed by atoms with Crippen LogP contribution in [0.5, 0.6) is 11.6 Å². The van der Waals surface area contributed by atoms with Crippen LogP contribution in [0.25, 0.3) is 11.0 Å². The van der Waals surface area contributed by atoms with E-state index in [1.165, 1.54) is 38.4 Å². The van der Waals surface area contributed by atoms with E-state index in [0.29, 0.717) is 22.5 Å². The van der Waals surface area contributed by atoms with E-state index in [0.717, 1.165) is 18.8 Å². The Morgan fingerprint density at radius 1 is 1.10 bits per heavy atom. The van der Waals surface area contributed by atoms with Gasteiger partial charge in [0.2, 0.25) is 11.8 Å². The predicted molar refractivity (Wildman–Crippen MR) is 155 cm³/mol. The van der Waals surface area contributed by atoms with Gasteiger partial charge in [0.25, 0.3) is 0 Å². The average Bonchev–Trinajstić information content (AvgIpc) is 3.70. The Balaban J connectivity index is 1.61. The molecule has 226 valence electrons. The number of fused-ring (bicyclic) bond motifs is 1. The number of esters is 1. The standard InChI is InChI=1S/C31H40N4O7/c1-31(2,3)26(34-30(38)41-6)28(36)35-18-21(17-25(35)29(37)40-5)42-27-23(11-9-7-8-10-19-12-13-19)32-22-15-14-20(39-4)16-24(22)33-27/h14-16,19,21,25-26H,7-8,10,12-13,17-18H2,1-6H3,(H,34,38). The minimum absolute atomic E-state index is 0.0696. The van der Waals surface area contributed by atoms with Crippen molar-refractivity contribution in [2.24, 2.45) is 11.3 Å². The summed E-state index contributed by atoms with van der Waals surface area (Å²) in [6, 6.07) is 3.51. The molecule has 42 heavy (non-hydrogen) atoms. The van der Waals surface area contributed by atoms with Crippen LogP contribution in [0.15, 0.2) is 18.2 Å². The van der Waals surface area contributed by atoms with Gasteiger partial charge in [-0.1, -0.05) is 39.5 Å². The molecule has 1 saturated carbocycles. The van der Waals surface area contributed by atoms with Crippen molar-refractivity contribution in [1.29, 1.82) is 0 Å². The molecule has 1 aromatic carbocycles. The molecule has 4 rings (SSSR count). The number of carbonyl (C=O) groups excluding carboxylic acids is 3. The number of methoxy groups -OCH3 is 3. The summed E-state index contributed by atoms with van der Waals surface area (Å²) in [7, 11) is 4.07. The predicted octanol–water partition coefficient (Wildman–Crippen LogP) is 3.86. The van der Waals surface area contributed by atoms with Crippen molar-refractivity contribution in [2.75, 3.05) is 27.9 Å². The highest BCUT2D eigenvalue weighted by molar-refractivity contribution is 5.91. The zero-order chi connectivity index (χ0) is 30.4. The quantitative estimate of drug-likeness (QED) is 0.267. The van der Waals surface area contributed by atoms with E-state index in [4.69, 9.17) is 28.9 Å². The summed E-state index contributed by atoms with van der Waals surface area (Å²) >= 11 is 0. The highest BCUT2D eigenvalue weighted by Crippen LogP contribution is 2.34. The van der Waals surface area contributed by atoms with Gasteiger partial charge in [-0.3, -0.25) is 4.79 Å². The number of ether oxygens (including phenoxy) is 4. The maximum absolute atomic E-state index is 13.8. The van der Waals surface area contributed by atoms with Crippen LogP contribution in [-0.4, -0.2) is 78.9 Å². The smallest absolute Gasteiger partial charge is 0.407 e. The van der Waals surface area contributed by atoms with Gasteiger partial charge >= 0.3 is 12.1 Å². The van der Waals surface area contributed by atoms with Crippen LogP contribution in [0.2, 0.25) is 0 Å². The topological polar surface area (TPSA) is 129 Å². The van der Waals surface area contributed by atoms with Gasteiger partial charge in [0.05, 0.1) is 38.9 Å². The molecule has 1 aliphatic carbocycles. The zero-order valence-electron chi connectivity index (χ0n) is 25.2. The monoisotopic (exact) mass is 580 g/mol. The normalized spacial score (nSPS) is 19.0. The number of amides is 2. The highest BCUT2D eigenvalue weighted by Gasteiger charge is 2.46. The van der Waals surface area contributed by atoms with E-state index < -0.39 is 41.6 Å². The van der Waals surface area contributed by atoms with Crippen LogP contribution < -0.4 is 14.8 Å². The molecule has 11 nitrogen and oxygen atoms in total. The van der Waals surface area contributed by atoms with Crippen molar-refractivity contribution in [2.45, 2.75) is 77.5 Å². The molecule has 3 atom stereocenters. The number of aromatic nitrogens is 2. The molecular formula is C31H40N4O7. The number of hydrogen-bond donors (Lipinski definition) is 1. The van der Waals surface area contributed by atoms with Crippen molar-refractivity contribution in [3.05, 3.63) is 23.9 Å². The fraction of sp³-hybridized carbons (Fsp3) is 0.581. The van der Waals surface area contributed by atoms with Crippen LogP contribution in [-0.2, 0) is 19.1 Å². The van der Waals surface area contributed by atoms with E-state index in [-0.39, 0.29) is 18.8 Å². The largest absolute Gasteiger partial charge is 0.497 e. The molecule has 11 heteroatoms. The molecule has 2 aromatic rings. The first-order valence-corrected chi connectivity index (χ1v) is 14.3. The lowest BCUT2D eigenvalue weighted by Crippen LogP contribution is -2.57. The molecular weight excluding hydrogens is 540 g/mol. The highest BCUT2D eigenvalue weighted by atomic mass is 16.5. The van der Waals surface area contributed by atoms with Crippen LogP contribution in [0.1, 0.15) is 65.0 Å². The molecule has 1 aromatic heterocycles. The maximum Gasteiger partial charge on any atom is 0.407 e. The summed E-state index contributed by atoms with van der Waals surface area (Å²) in [5.41, 5.74) is 0.923. The van der Waals surface area contributed by atoms with Gasteiger partial charge in [0.15, 0.2) is 5.69 Å². The Bertz CT molecular complexity index is 1370. The average molecular weight is 581 g/mol. The fourth-order valence-electron chi connectivity index (χ4n) is 4.98. The molecule has 2 aliphatic rings. The number of nitrogens with zero attached hydrogens (tertiary/aromatic N) is 3. The van der Waals surface area contributed by atoms with Crippen molar-refractivity contribution in [3.8, 4) is 23.5 Å². The minimum Gasteiger partial charge on any atom is -0.497 e. The number of rotatable bonds is 9. The number of alkyl carbamates (subject to hydrolysis) is 1. The summed E-state index contributed by atoms with van der Waals surface area (Å²) in [4.78, 5) is 49.4. The lowest BCUT2D eigenvalue weighted by molar-refractivity contribution is -0.152. The lowest BCUT2D eigenvalue weighted by Gasteiger charge is -2.34. The summed E-state index contributed by atoms with van der Waals surface area (Å²) in [5.74, 6) is 7.00. The van der Waals surface area contributed by atoms with Crippen molar-refractivity contribution in [3.63, 3.8) is 0 Å². The Kier molecular flexibility index (Phi) is 9.76. The first-order valence-electron chi connectivity index (χ1n) is 14.3. The van der Waals surface area contributed by atoms with E-state index in [2.05, 4.69) is 17.2 Å². The van der Waals surface area contributed by atoms with Crippen LogP contribution in [0, 0.1) is 23.2 Å². The SMILES string of the molecule is COC(=O)NC(C(=O)N1CC(Oc2nc3cc(OC)ccc3nc2C#CCCCC2CC2)CC1C(=O)OC)C(C)(C)C. The molecule has 1 saturated heterocycles. The molecule has 0 bridgehead atoms. The molecule has 1 aliphatic heterocycles. The van der Waals surface area contributed by atoms with Gasteiger partial charge in [-0.25, -0.2) is 19.6 Å². The second-order valence-corrected chi connectivity index (χ2v) is 11.8. The number of hydrogen-bond acceptors (Lipinski definition) is 9. The van der Waals surface area contributed by atoms with E-state index in [1.54, 1.807) is 19.2 Å². The van der Waals surface area contributed by atoms with E-state index >= 15 is 0 Å². The number of unbranched alkanes of at least 4 members (excludes halogenated alkanes) is 1. The summed E-state index contributed by atoms with van der Waals surface area (Å²) < 4.78 is 21.4. The van der Waals surface area contributed by atoms with Crippen LogP contribution in [0.4, 0.5) is 4.79 Å². The number of likely N-dealkylation sites (tertiary alicyclic amines) is 1. The second-order valence-electron chi connectivity index (χ2n) is 11.8. The summed E-state index contributed by atoms with van der Waals surface area (Å²) in [6.45, 7) is 5.52. The van der Waals surface area contributed by atoms with Crippen molar-refractivity contribution in [1.82, 2.24) is 20.2 Å². The van der Waals surface area contributed by atoms with Crippen LogP contribution >= 0.6 is 0 Å². The van der Waals surface area contributed by atoms with Gasteiger partial charge < -0.3 is 29.2 Å². The second kappa shape index (κ2) is 13.3. The third kappa shape index (κ3) is 7.60. The third-order valence-electron chi connectivity index (χ3n) is 7.52. The van der Waals surface area contributed by atoms with Gasteiger partial charge in [-0.05, 0) is 42.2 Å². The number of nitrogens with one attached hydrogen (secondary N) is 1. The third-order valence-corrected chi connectivity index (χ3v) is 7.52. The van der Waals surface area contributed by atoms with Gasteiger partial charge in [-0.15, -0.1) is 0 Å². The molecule has 1 N–H and O–H groups in total. The Labute approximate surface area is 246 Å². The van der Waals surface area contributed by atoms with Crippen molar-refractivity contribution >= 4 is 29.0 Å². The molecule has 2 heterocycles. The lowest BCUT2D eigenvalue weighted by atomic mass is 9.85. The van der Waals surface area contributed by atoms with Gasteiger partial charge in [0, 0.05) is 18.9 Å². The van der Waals surface area contributed by atoms with E-state index in [1.807, 2.05) is 26.8 Å². The Morgan fingerprint density at radius 2 is 1.86 bits per heavy atom. The summed E-state index contributed by atoms with van der Waals surface area (Å²) in [5, 5.41) is 2.61. The zero-order valence-corrected chi connectivity index (χ0v) is 25.2. The van der Waals surface area contributed by atoms with Gasteiger partial charge in [0.1, 0.15) is 23.9 Å². The van der Waals surface area contributed by atoms with E-state index in [9.17, 15) is 14.4 Å². The molecule has 0 radical (unpaired) electrons. The van der Waals surface area contributed by atoms with Crippen molar-refractivity contribution < 1.29 is 33.3 Å². The first kappa shape index (κ1) is 30.9. The molecule has 2 amide bonds. The fourth-order valence-corrected chi connectivity index (χ4v) is 4.98. The Morgan fingerprint density at radius 3 is 2.50 bits per heavy atom.